The van der Waals surface area contributed by atoms with Crippen LogP contribution < -0.4 is 0 Å². The van der Waals surface area contributed by atoms with Gasteiger partial charge in [0.1, 0.15) is 25.4 Å². The zero-order valence-electron chi connectivity index (χ0n) is 50.6. The number of hydrogen-bond acceptors (Lipinski definition) is 14. The molecule has 0 aliphatic rings. The number of ether oxygens (including phenoxy) is 3. The van der Waals surface area contributed by atoms with Crippen LogP contribution in [0.1, 0.15) is 201 Å². The lowest BCUT2D eigenvalue weighted by Gasteiger charge is -2.21. The highest BCUT2D eigenvalue weighted by atomic mass is 31.2. The summed E-state index contributed by atoms with van der Waals surface area (Å²) >= 11 is 0. The molecule has 5 unspecified atom stereocenters. The Kier molecular flexibility index (Phi) is 55.1. The van der Waals surface area contributed by atoms with Crippen LogP contribution in [0.2, 0.25) is 0 Å². The minimum atomic E-state index is -4.94. The van der Waals surface area contributed by atoms with Crippen molar-refractivity contribution >= 4 is 33.6 Å². The molecule has 4 N–H and O–H groups in total. The fraction of sp³-hybridized carbons (Fsp3) is 0.615. The normalized spacial score (nSPS) is 15.3. The van der Waals surface area contributed by atoms with Crippen LogP contribution in [0.4, 0.5) is 0 Å². The van der Waals surface area contributed by atoms with Gasteiger partial charge in [-0.15, -0.1) is 0 Å². The minimum Gasteiger partial charge on any atom is -0.463 e. The second-order valence-electron chi connectivity index (χ2n) is 19.7. The van der Waals surface area contributed by atoms with Gasteiger partial charge < -0.3 is 34.2 Å². The quantitative estimate of drug-likeness (QED) is 0.0146. The van der Waals surface area contributed by atoms with Gasteiger partial charge in [-0.3, -0.25) is 32.5 Å². The lowest BCUT2D eigenvalue weighted by molar-refractivity contribution is -0.161. The van der Waals surface area contributed by atoms with E-state index in [4.69, 9.17) is 32.3 Å². The van der Waals surface area contributed by atoms with E-state index in [0.717, 1.165) is 89.9 Å². The van der Waals surface area contributed by atoms with E-state index >= 15 is 0 Å². The van der Waals surface area contributed by atoms with Gasteiger partial charge in [-0.2, -0.15) is 0 Å². The topological polar surface area (TPSA) is 231 Å². The molecule has 0 saturated heterocycles. The van der Waals surface area contributed by atoms with Crippen molar-refractivity contribution in [3.8, 4) is 0 Å². The van der Waals surface area contributed by atoms with E-state index in [1.54, 1.807) is 0 Å². The van der Waals surface area contributed by atoms with Gasteiger partial charge in [-0.1, -0.05) is 219 Å². The van der Waals surface area contributed by atoms with Crippen molar-refractivity contribution in [1.82, 2.24) is 0 Å². The van der Waals surface area contributed by atoms with Crippen LogP contribution in [0.3, 0.4) is 0 Å². The number of rotatable bonds is 56. The van der Waals surface area contributed by atoms with Crippen molar-refractivity contribution in [1.29, 1.82) is 0 Å². The molecule has 0 radical (unpaired) electrons. The van der Waals surface area contributed by atoms with Gasteiger partial charge in [0.05, 0.1) is 26.4 Å². The Morgan fingerprint density at radius 2 is 0.663 bits per heavy atom. The lowest BCUT2D eigenvalue weighted by atomic mass is 10.1. The first-order chi connectivity index (χ1) is 40.2. The smallest absolute Gasteiger partial charge is 0.463 e. The van der Waals surface area contributed by atoms with Crippen molar-refractivity contribution in [2.75, 3.05) is 39.6 Å². The van der Waals surface area contributed by atoms with E-state index in [-0.39, 0.29) is 19.3 Å². The summed E-state index contributed by atoms with van der Waals surface area (Å²) in [7, 11) is -9.80. The predicted octanol–water partition coefficient (Wildman–Crippen LogP) is 16.1. The van der Waals surface area contributed by atoms with Crippen LogP contribution >= 0.6 is 15.6 Å². The zero-order valence-corrected chi connectivity index (χ0v) is 52.3. The first-order valence-electron chi connectivity index (χ1n) is 30.5. The second kappa shape index (κ2) is 58.1. The van der Waals surface area contributed by atoms with Gasteiger partial charge in [-0.05, 0) is 96.3 Å². The number of aliphatic hydroxyl groups is 2. The summed E-state index contributed by atoms with van der Waals surface area (Å²) < 4.78 is 60.5. The van der Waals surface area contributed by atoms with Crippen molar-refractivity contribution < 1.29 is 75.8 Å². The summed E-state index contributed by atoms with van der Waals surface area (Å²) in [6, 6.07) is 0. The van der Waals surface area contributed by atoms with Crippen molar-refractivity contribution in [3.05, 3.63) is 134 Å². The lowest BCUT2D eigenvalue weighted by Crippen LogP contribution is -2.30. The molecule has 0 aliphatic heterocycles. The first-order valence-corrected chi connectivity index (χ1v) is 33.5. The number of phosphoric ester groups is 2. The summed E-state index contributed by atoms with van der Waals surface area (Å²) in [6.45, 7) is 2.22. The van der Waals surface area contributed by atoms with Crippen LogP contribution in [0.25, 0.3) is 0 Å². The van der Waals surface area contributed by atoms with Crippen molar-refractivity contribution in [3.63, 3.8) is 0 Å². The van der Waals surface area contributed by atoms with Crippen molar-refractivity contribution in [2.45, 2.75) is 219 Å². The Labute approximate surface area is 499 Å². The van der Waals surface area contributed by atoms with Crippen LogP contribution in [0.5, 0.6) is 0 Å². The molecule has 0 aromatic carbocycles. The number of hydrogen-bond donors (Lipinski definition) is 4. The van der Waals surface area contributed by atoms with Gasteiger partial charge in [0.2, 0.25) is 0 Å². The molecule has 0 spiro atoms. The molecule has 0 rings (SSSR count). The van der Waals surface area contributed by atoms with Gasteiger partial charge in [-0.25, -0.2) is 9.13 Å². The molecule has 5 atom stereocenters. The first kappa shape index (κ1) is 78.7. The van der Waals surface area contributed by atoms with Gasteiger partial charge >= 0.3 is 33.6 Å². The molecule has 0 fully saturated rings. The van der Waals surface area contributed by atoms with E-state index < -0.39 is 91.5 Å². The Bertz CT molecular complexity index is 2050. The number of phosphoric acid groups is 2. The Morgan fingerprint density at radius 1 is 0.349 bits per heavy atom. The molecule has 0 heterocycles. The second-order valence-corrected chi connectivity index (χ2v) is 22.7. The van der Waals surface area contributed by atoms with Crippen LogP contribution in [0.15, 0.2) is 134 Å². The molecule has 83 heavy (non-hydrogen) atoms. The van der Waals surface area contributed by atoms with E-state index in [0.29, 0.717) is 32.1 Å². The van der Waals surface area contributed by atoms with Crippen LogP contribution in [0, 0.1) is 0 Å². The average molecular weight is 1210 g/mol. The number of esters is 3. The molecule has 18 heteroatoms. The summed E-state index contributed by atoms with van der Waals surface area (Å²) in [5.74, 6) is -1.74. The monoisotopic (exact) mass is 1200 g/mol. The standard InChI is InChI=1S/C65H106O16P2/c1-4-7-10-13-16-19-22-24-26-28-29-31-33-34-37-39-42-45-48-51-63(68)75-54-60(66)55-77-82(71,72)78-56-61(67)57-79-83(73,74)80-59-62(81-65(70)53-50-47-44-41-36-21-18-15-12-9-6-3)58-76-64(69)52-49-46-43-40-38-35-32-30-27-25-23-20-17-14-11-8-5-2/h7-8,10-11,16-17,19-20,24-27,29,31-32,34-35,37,40,42-43,45,60-62,66-67H,4-6,9,12-15,18,21-23,28,30,33,36,38-39,41,44,46-59H2,1-3H3,(H,71,72)(H,73,74)/b10-7-,11-8-,19-16-,20-17-,26-24-,27-25-,31-29-,35-32-,37-34-,43-40-,45-42-. The summed E-state index contributed by atoms with van der Waals surface area (Å²) in [5.41, 5.74) is 0. The SMILES string of the molecule is CC/C=C\C/C=C\C/C=C\C/C=C\C/C=C\C/C=C\CCC(=O)OCC(O)COP(=O)(O)OCC(O)COP(=O)(O)OCC(COC(=O)CCC/C=C\C/C=C\C/C=C\C/C=C\C/C=C\CC)OC(=O)CCCCCCCCCCCCC. The number of carbonyl (C=O) groups excluding carboxylic acids is 3. The van der Waals surface area contributed by atoms with E-state index in [1.807, 2.05) is 30.4 Å². The van der Waals surface area contributed by atoms with Gasteiger partial charge in [0.25, 0.3) is 0 Å². The maximum atomic E-state index is 12.8. The third-order valence-electron chi connectivity index (χ3n) is 11.9. The maximum absolute atomic E-state index is 12.8. The fourth-order valence-electron chi connectivity index (χ4n) is 7.28. The van der Waals surface area contributed by atoms with Crippen molar-refractivity contribution in [2.24, 2.45) is 0 Å². The molecule has 472 valence electrons. The fourth-order valence-corrected chi connectivity index (χ4v) is 8.86. The number of allylic oxidation sites excluding steroid dienone is 22. The Hall–Kier alpha value is -4.31. The summed E-state index contributed by atoms with van der Waals surface area (Å²) in [5, 5.41) is 20.4. The van der Waals surface area contributed by atoms with Gasteiger partial charge in [0, 0.05) is 19.3 Å². The highest BCUT2D eigenvalue weighted by Gasteiger charge is 2.29. The summed E-state index contributed by atoms with van der Waals surface area (Å²) in [6.07, 6.45) is 65.5. The molecular weight excluding hydrogens is 1100 g/mol. The highest BCUT2D eigenvalue weighted by molar-refractivity contribution is 7.47. The predicted molar refractivity (Wildman–Crippen MR) is 334 cm³/mol. The molecule has 0 aromatic rings. The number of carbonyl (C=O) groups is 3. The van der Waals surface area contributed by atoms with Crippen LogP contribution in [-0.2, 0) is 55.8 Å². The largest absolute Gasteiger partial charge is 0.472 e. The van der Waals surface area contributed by atoms with Gasteiger partial charge in [0.15, 0.2) is 6.10 Å². The summed E-state index contributed by atoms with van der Waals surface area (Å²) in [4.78, 5) is 58.0. The van der Waals surface area contributed by atoms with Crippen LogP contribution in [-0.4, -0.2) is 95.9 Å². The third kappa shape index (κ3) is 59.2. The maximum Gasteiger partial charge on any atom is 0.472 e. The third-order valence-corrected chi connectivity index (χ3v) is 13.8. The van der Waals surface area contributed by atoms with E-state index in [9.17, 15) is 43.5 Å². The highest BCUT2D eigenvalue weighted by Crippen LogP contribution is 2.45. The number of unbranched alkanes of at least 4 members (excludes halogenated alkanes) is 11. The molecule has 0 amide bonds. The molecular formula is C65H106O16P2. The molecule has 0 aliphatic carbocycles. The zero-order chi connectivity index (χ0) is 61.0. The molecule has 0 aromatic heterocycles. The van der Waals surface area contributed by atoms with E-state index in [2.05, 4.69) is 124 Å². The molecule has 16 nitrogen and oxygen atoms in total. The number of aliphatic hydroxyl groups excluding tert-OH is 2. The Balaban J connectivity index is 4.76. The molecule has 0 saturated carbocycles. The Morgan fingerprint density at radius 3 is 1.07 bits per heavy atom. The van der Waals surface area contributed by atoms with E-state index in [1.165, 1.54) is 38.5 Å². The minimum absolute atomic E-state index is 0.0556. The molecule has 0 bridgehead atoms. The average Bonchev–Trinajstić information content (AvgIpc) is 3.47.